The SMILES string of the molecule is COc1cccc([C@H]2C[C@H](c3ccc(C)c(C)c3)Nc3ncnn32)c1OC. The van der Waals surface area contributed by atoms with E-state index in [0.717, 1.165) is 29.4 Å². The Hall–Kier alpha value is -3.02. The van der Waals surface area contributed by atoms with Gasteiger partial charge in [0.1, 0.15) is 6.33 Å². The van der Waals surface area contributed by atoms with Crippen molar-refractivity contribution in [2.24, 2.45) is 0 Å². The van der Waals surface area contributed by atoms with Gasteiger partial charge in [-0.2, -0.15) is 10.1 Å². The van der Waals surface area contributed by atoms with E-state index in [1.165, 1.54) is 16.7 Å². The predicted octanol–water partition coefficient (Wildman–Crippen LogP) is 4.06. The van der Waals surface area contributed by atoms with E-state index in [-0.39, 0.29) is 12.1 Å². The van der Waals surface area contributed by atoms with Crippen molar-refractivity contribution in [1.82, 2.24) is 14.8 Å². The number of para-hydroxylation sites is 1. The number of benzene rings is 2. The van der Waals surface area contributed by atoms with Crippen molar-refractivity contribution in [3.05, 3.63) is 65.0 Å². The van der Waals surface area contributed by atoms with Crippen LogP contribution in [0.15, 0.2) is 42.7 Å². The first kappa shape index (κ1) is 17.4. The lowest BCUT2D eigenvalue weighted by Gasteiger charge is -2.32. The fourth-order valence-corrected chi connectivity index (χ4v) is 3.75. The van der Waals surface area contributed by atoms with Crippen LogP contribution in [-0.4, -0.2) is 29.0 Å². The molecule has 0 spiro atoms. The van der Waals surface area contributed by atoms with Gasteiger partial charge in [0, 0.05) is 5.56 Å². The molecule has 4 rings (SSSR count). The van der Waals surface area contributed by atoms with Crippen LogP contribution in [0.2, 0.25) is 0 Å². The summed E-state index contributed by atoms with van der Waals surface area (Å²) < 4.78 is 13.1. The molecule has 3 aromatic rings. The molecule has 1 aliphatic heterocycles. The molecular weight excluding hydrogens is 340 g/mol. The number of methoxy groups -OCH3 is 2. The lowest BCUT2D eigenvalue weighted by atomic mass is 9.91. The summed E-state index contributed by atoms with van der Waals surface area (Å²) in [5.41, 5.74) is 4.87. The summed E-state index contributed by atoms with van der Waals surface area (Å²) in [5, 5.41) is 7.97. The average molecular weight is 364 g/mol. The van der Waals surface area contributed by atoms with E-state index in [9.17, 15) is 0 Å². The maximum atomic E-state index is 5.68. The van der Waals surface area contributed by atoms with Gasteiger partial charge in [0.15, 0.2) is 11.5 Å². The Balaban J connectivity index is 1.78. The number of hydrogen-bond acceptors (Lipinski definition) is 5. The van der Waals surface area contributed by atoms with E-state index >= 15 is 0 Å². The first-order chi connectivity index (χ1) is 13.1. The fourth-order valence-electron chi connectivity index (χ4n) is 3.75. The molecule has 0 aliphatic carbocycles. The molecule has 2 heterocycles. The minimum absolute atomic E-state index is 0.000379. The minimum atomic E-state index is 0.000379. The number of anilines is 1. The van der Waals surface area contributed by atoms with Crippen molar-refractivity contribution in [3.8, 4) is 11.5 Å². The van der Waals surface area contributed by atoms with Crippen LogP contribution in [0.1, 0.15) is 40.8 Å². The van der Waals surface area contributed by atoms with Crippen molar-refractivity contribution >= 4 is 5.95 Å². The van der Waals surface area contributed by atoms with E-state index in [0.29, 0.717) is 0 Å². The number of hydrogen-bond donors (Lipinski definition) is 1. The highest BCUT2D eigenvalue weighted by Gasteiger charge is 2.32. The first-order valence-corrected chi connectivity index (χ1v) is 9.06. The normalized spacial score (nSPS) is 18.5. The monoisotopic (exact) mass is 364 g/mol. The molecular formula is C21H24N4O2. The van der Waals surface area contributed by atoms with Crippen LogP contribution in [0.3, 0.4) is 0 Å². The smallest absolute Gasteiger partial charge is 0.222 e. The molecule has 1 aromatic heterocycles. The standard InChI is InChI=1S/C21H24N4O2/c1-13-8-9-15(10-14(13)2)17-11-18(25-21(24-17)22-12-23-25)16-6-5-7-19(26-3)20(16)27-4/h5-10,12,17-18H,11H2,1-4H3,(H,22,23,24)/t17-,18-/m1/s1. The number of ether oxygens (including phenoxy) is 2. The molecule has 27 heavy (non-hydrogen) atoms. The van der Waals surface area contributed by atoms with E-state index in [4.69, 9.17) is 9.47 Å². The Kier molecular flexibility index (Phi) is 4.48. The molecule has 6 heteroatoms. The largest absolute Gasteiger partial charge is 0.493 e. The van der Waals surface area contributed by atoms with Crippen LogP contribution in [0, 0.1) is 13.8 Å². The molecule has 2 aromatic carbocycles. The number of aryl methyl sites for hydroxylation is 2. The maximum Gasteiger partial charge on any atom is 0.222 e. The number of rotatable bonds is 4. The maximum absolute atomic E-state index is 5.68. The topological polar surface area (TPSA) is 61.2 Å². The molecule has 0 amide bonds. The van der Waals surface area contributed by atoms with Crippen LogP contribution in [0.25, 0.3) is 0 Å². The van der Waals surface area contributed by atoms with E-state index < -0.39 is 0 Å². The van der Waals surface area contributed by atoms with Gasteiger partial charge in [-0.25, -0.2) is 4.68 Å². The van der Waals surface area contributed by atoms with E-state index in [1.54, 1.807) is 20.5 Å². The van der Waals surface area contributed by atoms with Gasteiger partial charge in [-0.3, -0.25) is 0 Å². The van der Waals surface area contributed by atoms with Gasteiger partial charge in [-0.1, -0.05) is 30.3 Å². The van der Waals surface area contributed by atoms with Crippen molar-refractivity contribution in [1.29, 1.82) is 0 Å². The Morgan fingerprint density at radius 2 is 1.93 bits per heavy atom. The summed E-state index contributed by atoms with van der Waals surface area (Å²) in [5.74, 6) is 2.23. The second-order valence-electron chi connectivity index (χ2n) is 6.90. The molecule has 1 aliphatic rings. The Morgan fingerprint density at radius 1 is 1.07 bits per heavy atom. The quantitative estimate of drug-likeness (QED) is 0.756. The van der Waals surface area contributed by atoms with Crippen LogP contribution in [0.5, 0.6) is 11.5 Å². The van der Waals surface area contributed by atoms with Crippen molar-refractivity contribution in [2.75, 3.05) is 19.5 Å². The summed E-state index contributed by atoms with van der Waals surface area (Å²) in [7, 11) is 3.33. The highest BCUT2D eigenvalue weighted by Crippen LogP contribution is 2.43. The lowest BCUT2D eigenvalue weighted by molar-refractivity contribution is 0.340. The Morgan fingerprint density at radius 3 is 2.67 bits per heavy atom. The second kappa shape index (κ2) is 6.95. The van der Waals surface area contributed by atoms with Gasteiger partial charge in [0.2, 0.25) is 5.95 Å². The molecule has 0 unspecified atom stereocenters. The van der Waals surface area contributed by atoms with Crippen LogP contribution in [0.4, 0.5) is 5.95 Å². The Labute approximate surface area is 159 Å². The van der Waals surface area contributed by atoms with Gasteiger partial charge in [0.25, 0.3) is 0 Å². The lowest BCUT2D eigenvalue weighted by Crippen LogP contribution is -2.28. The van der Waals surface area contributed by atoms with Crippen molar-refractivity contribution in [2.45, 2.75) is 32.4 Å². The molecule has 1 N–H and O–H groups in total. The summed E-state index contributed by atoms with van der Waals surface area (Å²) in [6.07, 6.45) is 2.42. The van der Waals surface area contributed by atoms with Crippen LogP contribution >= 0.6 is 0 Å². The number of aromatic nitrogens is 3. The molecule has 6 nitrogen and oxygen atoms in total. The predicted molar refractivity (Wildman–Crippen MR) is 105 cm³/mol. The van der Waals surface area contributed by atoms with Gasteiger partial charge in [-0.15, -0.1) is 0 Å². The van der Waals surface area contributed by atoms with Gasteiger partial charge in [-0.05, 0) is 43.0 Å². The van der Waals surface area contributed by atoms with Crippen molar-refractivity contribution in [3.63, 3.8) is 0 Å². The molecule has 2 atom stereocenters. The summed E-state index contributed by atoms with van der Waals surface area (Å²) >= 11 is 0. The highest BCUT2D eigenvalue weighted by atomic mass is 16.5. The van der Waals surface area contributed by atoms with Gasteiger partial charge >= 0.3 is 0 Å². The third kappa shape index (κ3) is 3.01. The van der Waals surface area contributed by atoms with Crippen LogP contribution in [-0.2, 0) is 0 Å². The zero-order valence-electron chi connectivity index (χ0n) is 16.1. The summed E-state index contributed by atoms with van der Waals surface area (Å²) in [6.45, 7) is 4.28. The van der Waals surface area contributed by atoms with E-state index in [2.05, 4.69) is 53.5 Å². The minimum Gasteiger partial charge on any atom is -0.493 e. The van der Waals surface area contributed by atoms with Crippen LogP contribution < -0.4 is 14.8 Å². The molecule has 0 saturated heterocycles. The summed E-state index contributed by atoms with van der Waals surface area (Å²) in [6, 6.07) is 12.7. The van der Waals surface area contributed by atoms with Gasteiger partial charge < -0.3 is 14.8 Å². The van der Waals surface area contributed by atoms with Gasteiger partial charge in [0.05, 0.1) is 26.3 Å². The molecule has 0 saturated carbocycles. The average Bonchev–Trinajstić information content (AvgIpc) is 3.17. The molecule has 0 fully saturated rings. The molecule has 0 radical (unpaired) electrons. The number of nitrogens with zero attached hydrogens (tertiary/aromatic N) is 3. The molecule has 0 bridgehead atoms. The third-order valence-corrected chi connectivity index (χ3v) is 5.36. The zero-order valence-corrected chi connectivity index (χ0v) is 16.1. The fraction of sp³-hybridized carbons (Fsp3) is 0.333. The number of nitrogens with one attached hydrogen (secondary N) is 1. The number of fused-ring (bicyclic) bond motifs is 1. The second-order valence-corrected chi connectivity index (χ2v) is 6.90. The van der Waals surface area contributed by atoms with E-state index in [1.807, 2.05) is 16.8 Å². The van der Waals surface area contributed by atoms with Crippen molar-refractivity contribution < 1.29 is 9.47 Å². The Bertz CT molecular complexity index is 967. The first-order valence-electron chi connectivity index (χ1n) is 9.06. The highest BCUT2D eigenvalue weighted by molar-refractivity contribution is 5.50. The molecule has 140 valence electrons. The zero-order chi connectivity index (χ0) is 19.0. The third-order valence-electron chi connectivity index (χ3n) is 5.36. The summed E-state index contributed by atoms with van der Waals surface area (Å²) in [4.78, 5) is 4.41.